The van der Waals surface area contributed by atoms with E-state index in [1.165, 1.54) is 0 Å². The van der Waals surface area contributed by atoms with Gasteiger partial charge in [0, 0.05) is 10.9 Å². The molecule has 0 aliphatic heterocycles. The summed E-state index contributed by atoms with van der Waals surface area (Å²) in [6.07, 6.45) is -0.629. The normalized spacial score (nSPS) is 12.8. The number of rotatable bonds is 2. The van der Waals surface area contributed by atoms with Crippen LogP contribution in [0.25, 0.3) is 10.9 Å². The van der Waals surface area contributed by atoms with Crippen molar-refractivity contribution in [2.45, 2.75) is 13.0 Å². The Kier molecular flexibility index (Phi) is 2.99. The summed E-state index contributed by atoms with van der Waals surface area (Å²) in [6.45, 7) is 1.66. The Morgan fingerprint density at radius 3 is 2.75 bits per heavy atom. The molecule has 0 bridgehead atoms. The van der Waals surface area contributed by atoms with Crippen molar-refractivity contribution < 1.29 is 9.84 Å². The zero-order chi connectivity index (χ0) is 11.7. The number of aliphatic hydroxyl groups is 1. The number of aromatic nitrogens is 1. The summed E-state index contributed by atoms with van der Waals surface area (Å²) in [4.78, 5) is 4.22. The minimum Gasteiger partial charge on any atom is -0.497 e. The van der Waals surface area contributed by atoms with Gasteiger partial charge in [0.25, 0.3) is 0 Å². The molecular formula is C12H12ClNO2. The zero-order valence-electron chi connectivity index (χ0n) is 9.07. The van der Waals surface area contributed by atoms with Gasteiger partial charge in [-0.3, -0.25) is 0 Å². The van der Waals surface area contributed by atoms with Crippen LogP contribution in [0.4, 0.5) is 0 Å². The molecule has 0 amide bonds. The maximum atomic E-state index is 9.53. The predicted octanol–water partition coefficient (Wildman–Crippen LogP) is 2.95. The quantitative estimate of drug-likeness (QED) is 0.817. The highest BCUT2D eigenvalue weighted by molar-refractivity contribution is 6.30. The summed E-state index contributed by atoms with van der Waals surface area (Å²) < 4.78 is 5.13. The third kappa shape index (κ3) is 1.96. The molecule has 1 heterocycles. The second-order valence-corrected chi connectivity index (χ2v) is 3.96. The van der Waals surface area contributed by atoms with E-state index in [9.17, 15) is 5.11 Å². The lowest BCUT2D eigenvalue weighted by Crippen LogP contribution is -1.95. The lowest BCUT2D eigenvalue weighted by Gasteiger charge is -2.09. The molecule has 0 aliphatic carbocycles. The monoisotopic (exact) mass is 237 g/mol. The Bertz CT molecular complexity index is 526. The van der Waals surface area contributed by atoms with Gasteiger partial charge in [-0.05, 0) is 31.2 Å². The molecule has 4 heteroatoms. The number of aliphatic hydroxyl groups excluding tert-OH is 1. The van der Waals surface area contributed by atoms with Crippen LogP contribution in [-0.4, -0.2) is 17.2 Å². The Balaban J connectivity index is 2.65. The SMILES string of the molecule is COc1ccc2nc(Cl)c([C@@H](C)O)cc2c1. The summed E-state index contributed by atoms with van der Waals surface area (Å²) in [5.74, 6) is 0.758. The molecule has 1 atom stereocenters. The lowest BCUT2D eigenvalue weighted by molar-refractivity contribution is 0.199. The van der Waals surface area contributed by atoms with Crippen molar-refractivity contribution in [1.29, 1.82) is 0 Å². The molecule has 0 aliphatic rings. The molecular weight excluding hydrogens is 226 g/mol. The fourth-order valence-corrected chi connectivity index (χ4v) is 1.87. The van der Waals surface area contributed by atoms with Crippen LogP contribution in [0.1, 0.15) is 18.6 Å². The number of halogens is 1. The first-order chi connectivity index (χ1) is 7.61. The van der Waals surface area contributed by atoms with Crippen molar-refractivity contribution in [3.8, 4) is 5.75 Å². The molecule has 0 saturated carbocycles. The van der Waals surface area contributed by atoms with E-state index in [0.29, 0.717) is 10.7 Å². The number of hydrogen-bond acceptors (Lipinski definition) is 3. The van der Waals surface area contributed by atoms with Gasteiger partial charge in [-0.25, -0.2) is 4.98 Å². The summed E-state index contributed by atoms with van der Waals surface area (Å²) in [5, 5.41) is 10.8. The molecule has 16 heavy (non-hydrogen) atoms. The van der Waals surface area contributed by atoms with Crippen molar-refractivity contribution in [2.75, 3.05) is 7.11 Å². The molecule has 0 spiro atoms. The van der Waals surface area contributed by atoms with Crippen LogP contribution in [-0.2, 0) is 0 Å². The number of hydrogen-bond donors (Lipinski definition) is 1. The third-order valence-corrected chi connectivity index (χ3v) is 2.76. The molecule has 0 fully saturated rings. The van der Waals surface area contributed by atoms with Gasteiger partial charge in [-0.15, -0.1) is 0 Å². The van der Waals surface area contributed by atoms with Crippen LogP contribution >= 0.6 is 11.6 Å². The number of methoxy groups -OCH3 is 1. The van der Waals surface area contributed by atoms with Crippen LogP contribution in [0.2, 0.25) is 5.15 Å². The molecule has 0 unspecified atom stereocenters. The van der Waals surface area contributed by atoms with E-state index in [1.807, 2.05) is 24.3 Å². The zero-order valence-corrected chi connectivity index (χ0v) is 9.82. The van der Waals surface area contributed by atoms with Crippen LogP contribution < -0.4 is 4.74 Å². The van der Waals surface area contributed by atoms with E-state index in [1.54, 1.807) is 14.0 Å². The minimum atomic E-state index is -0.629. The van der Waals surface area contributed by atoms with Gasteiger partial charge in [-0.2, -0.15) is 0 Å². The average molecular weight is 238 g/mol. The van der Waals surface area contributed by atoms with Crippen molar-refractivity contribution in [2.24, 2.45) is 0 Å². The molecule has 1 N–H and O–H groups in total. The highest BCUT2D eigenvalue weighted by Crippen LogP contribution is 2.27. The molecule has 1 aromatic carbocycles. The number of nitrogens with zero attached hydrogens (tertiary/aromatic N) is 1. The summed E-state index contributed by atoms with van der Waals surface area (Å²) in [7, 11) is 1.61. The molecule has 2 aromatic rings. The predicted molar refractivity (Wildman–Crippen MR) is 63.9 cm³/mol. The molecule has 1 aromatic heterocycles. The Hall–Kier alpha value is -1.32. The fourth-order valence-electron chi connectivity index (χ4n) is 1.57. The topological polar surface area (TPSA) is 42.4 Å². The molecule has 0 saturated heterocycles. The van der Waals surface area contributed by atoms with Gasteiger partial charge in [-0.1, -0.05) is 11.6 Å². The maximum absolute atomic E-state index is 9.53. The highest BCUT2D eigenvalue weighted by Gasteiger charge is 2.09. The van der Waals surface area contributed by atoms with Gasteiger partial charge >= 0.3 is 0 Å². The average Bonchev–Trinajstić information content (AvgIpc) is 2.27. The van der Waals surface area contributed by atoms with Gasteiger partial charge < -0.3 is 9.84 Å². The Labute approximate surface area is 98.6 Å². The van der Waals surface area contributed by atoms with Crippen molar-refractivity contribution >= 4 is 22.5 Å². The van der Waals surface area contributed by atoms with Crippen molar-refractivity contribution in [3.63, 3.8) is 0 Å². The molecule has 2 rings (SSSR count). The van der Waals surface area contributed by atoms with Crippen molar-refractivity contribution in [3.05, 3.63) is 35.0 Å². The maximum Gasteiger partial charge on any atom is 0.135 e. The van der Waals surface area contributed by atoms with E-state index in [-0.39, 0.29) is 0 Å². The van der Waals surface area contributed by atoms with E-state index < -0.39 is 6.10 Å². The second-order valence-electron chi connectivity index (χ2n) is 3.60. The molecule has 0 radical (unpaired) electrons. The minimum absolute atomic E-state index is 0.340. The summed E-state index contributed by atoms with van der Waals surface area (Å²) >= 11 is 5.97. The van der Waals surface area contributed by atoms with Crippen LogP contribution in [0.15, 0.2) is 24.3 Å². The number of fused-ring (bicyclic) bond motifs is 1. The molecule has 84 valence electrons. The van der Waals surface area contributed by atoms with Crippen LogP contribution in [0.5, 0.6) is 5.75 Å². The first kappa shape index (κ1) is 11.2. The Morgan fingerprint density at radius 2 is 2.12 bits per heavy atom. The van der Waals surface area contributed by atoms with E-state index in [4.69, 9.17) is 16.3 Å². The van der Waals surface area contributed by atoms with Crippen LogP contribution in [0.3, 0.4) is 0 Å². The van der Waals surface area contributed by atoms with Gasteiger partial charge in [0.1, 0.15) is 10.9 Å². The van der Waals surface area contributed by atoms with E-state index in [2.05, 4.69) is 4.98 Å². The fraction of sp³-hybridized carbons (Fsp3) is 0.250. The van der Waals surface area contributed by atoms with Crippen molar-refractivity contribution in [1.82, 2.24) is 4.98 Å². The highest BCUT2D eigenvalue weighted by atomic mass is 35.5. The van der Waals surface area contributed by atoms with E-state index in [0.717, 1.165) is 16.7 Å². The summed E-state index contributed by atoms with van der Waals surface area (Å²) in [5.41, 5.74) is 1.41. The van der Waals surface area contributed by atoms with Gasteiger partial charge in [0.2, 0.25) is 0 Å². The first-order valence-electron chi connectivity index (χ1n) is 4.94. The van der Waals surface area contributed by atoms with Gasteiger partial charge in [0.15, 0.2) is 0 Å². The third-order valence-electron chi connectivity index (χ3n) is 2.45. The smallest absolute Gasteiger partial charge is 0.135 e. The largest absolute Gasteiger partial charge is 0.497 e. The number of ether oxygens (including phenoxy) is 1. The number of benzene rings is 1. The van der Waals surface area contributed by atoms with Gasteiger partial charge in [0.05, 0.1) is 18.7 Å². The van der Waals surface area contributed by atoms with E-state index >= 15 is 0 Å². The first-order valence-corrected chi connectivity index (χ1v) is 5.32. The second kappa shape index (κ2) is 4.28. The lowest BCUT2D eigenvalue weighted by atomic mass is 10.1. The number of pyridine rings is 1. The Morgan fingerprint density at radius 1 is 1.38 bits per heavy atom. The molecule has 3 nitrogen and oxygen atoms in total. The standard InChI is InChI=1S/C12H12ClNO2/c1-7(15)10-6-8-5-9(16-2)3-4-11(8)14-12(10)13/h3-7,15H,1-2H3/t7-/m1/s1. The van der Waals surface area contributed by atoms with Crippen LogP contribution in [0, 0.1) is 0 Å². The summed E-state index contributed by atoms with van der Waals surface area (Å²) in [6, 6.07) is 7.36.